The molecule has 3 heteroatoms. The van der Waals surface area contributed by atoms with Crippen LogP contribution in [0.25, 0.3) is 33.3 Å². The number of aryl methyl sites for hydroxylation is 1. The first-order chi connectivity index (χ1) is 16.2. The Bertz CT molecular complexity index is 1290. The monoisotopic (exact) mass is 438 g/mol. The third-order valence-electron chi connectivity index (χ3n) is 8.44. The fourth-order valence-electron chi connectivity index (χ4n) is 6.32. The molecule has 2 saturated carbocycles. The van der Waals surface area contributed by atoms with Gasteiger partial charge in [0.1, 0.15) is 5.58 Å². The third kappa shape index (κ3) is 3.86. The molecule has 1 unspecified atom stereocenters. The molecule has 0 N–H and O–H groups in total. The van der Waals surface area contributed by atoms with E-state index >= 15 is 0 Å². The second kappa shape index (κ2) is 8.59. The molecule has 33 heavy (non-hydrogen) atoms. The third-order valence-corrected chi connectivity index (χ3v) is 8.44. The molecule has 3 heterocycles. The van der Waals surface area contributed by atoms with Gasteiger partial charge in [0.15, 0.2) is 0 Å². The summed E-state index contributed by atoms with van der Waals surface area (Å²) in [5.41, 5.74) is 7.62. The van der Waals surface area contributed by atoms with E-state index in [1.165, 1.54) is 74.6 Å². The van der Waals surface area contributed by atoms with E-state index in [2.05, 4.69) is 56.4 Å². The van der Waals surface area contributed by atoms with Crippen molar-refractivity contribution in [1.29, 1.82) is 0 Å². The van der Waals surface area contributed by atoms with Gasteiger partial charge in [0.05, 0.1) is 5.69 Å². The number of para-hydroxylation sites is 1. The molecule has 170 valence electrons. The fourth-order valence-corrected chi connectivity index (χ4v) is 6.32. The molecular weight excluding hydrogens is 404 g/mol. The normalized spacial score (nSPS) is 18.6. The van der Waals surface area contributed by atoms with Crippen LogP contribution in [0.3, 0.4) is 0 Å². The summed E-state index contributed by atoms with van der Waals surface area (Å²) < 4.78 is 6.42. The van der Waals surface area contributed by atoms with Gasteiger partial charge in [0.25, 0.3) is 0 Å². The maximum atomic E-state index is 6.42. The van der Waals surface area contributed by atoms with Crippen molar-refractivity contribution in [3.63, 3.8) is 0 Å². The van der Waals surface area contributed by atoms with Crippen molar-refractivity contribution in [1.82, 2.24) is 9.97 Å². The van der Waals surface area contributed by atoms with Gasteiger partial charge in [-0.1, -0.05) is 57.6 Å². The van der Waals surface area contributed by atoms with Crippen molar-refractivity contribution in [3.05, 3.63) is 59.4 Å². The molecule has 1 aromatic carbocycles. The molecule has 2 aliphatic rings. The minimum absolute atomic E-state index is 0.487. The van der Waals surface area contributed by atoms with E-state index in [1.54, 1.807) is 0 Å². The summed E-state index contributed by atoms with van der Waals surface area (Å²) in [6, 6.07) is 13.1. The minimum atomic E-state index is 0.487. The molecule has 0 amide bonds. The lowest BCUT2D eigenvalue weighted by molar-refractivity contribution is 0.452. The Labute approximate surface area is 196 Å². The summed E-state index contributed by atoms with van der Waals surface area (Å²) in [7, 11) is 0. The van der Waals surface area contributed by atoms with Crippen LogP contribution in [0.2, 0.25) is 0 Å². The van der Waals surface area contributed by atoms with Gasteiger partial charge in [0, 0.05) is 34.1 Å². The van der Waals surface area contributed by atoms with Crippen LogP contribution in [0, 0.1) is 18.8 Å². The van der Waals surface area contributed by atoms with Crippen LogP contribution < -0.4 is 0 Å². The van der Waals surface area contributed by atoms with Crippen LogP contribution >= 0.6 is 0 Å². The fraction of sp³-hybridized carbons (Fsp3) is 0.467. The van der Waals surface area contributed by atoms with Gasteiger partial charge in [-0.25, -0.2) is 4.98 Å². The molecule has 0 saturated heterocycles. The molecule has 2 fully saturated rings. The average Bonchev–Trinajstić information content (AvgIpc) is 3.60. The molecule has 4 aromatic rings. The van der Waals surface area contributed by atoms with Crippen molar-refractivity contribution in [3.8, 4) is 11.3 Å². The second-order valence-corrected chi connectivity index (χ2v) is 10.6. The predicted octanol–water partition coefficient (Wildman–Crippen LogP) is 8.38. The SMILES string of the molecule is Cc1cc(-c2cccc3c2oc2nc(C(C)C4CCCC4)ccc23)ncc1CC1CCCC1. The van der Waals surface area contributed by atoms with E-state index in [0.717, 1.165) is 45.2 Å². The molecule has 6 rings (SSSR count). The highest BCUT2D eigenvalue weighted by atomic mass is 16.3. The standard InChI is InChI=1S/C30H34N2O/c1-19-16-28(31-18-23(19)17-21-8-3-4-9-21)26-13-7-12-24-25-14-15-27(32-30(25)33-29(24)26)20(2)22-10-5-6-11-22/h7,12-16,18,20-22H,3-6,8-11,17H2,1-2H3. The lowest BCUT2D eigenvalue weighted by Gasteiger charge is -2.17. The zero-order valence-electron chi connectivity index (χ0n) is 19.9. The van der Waals surface area contributed by atoms with E-state index < -0.39 is 0 Å². The van der Waals surface area contributed by atoms with Crippen molar-refractivity contribution in [2.75, 3.05) is 0 Å². The van der Waals surface area contributed by atoms with Gasteiger partial charge in [-0.2, -0.15) is 0 Å². The topological polar surface area (TPSA) is 38.9 Å². The van der Waals surface area contributed by atoms with E-state index in [0.29, 0.717) is 5.92 Å². The zero-order chi connectivity index (χ0) is 22.4. The van der Waals surface area contributed by atoms with Gasteiger partial charge in [0.2, 0.25) is 5.71 Å². The minimum Gasteiger partial charge on any atom is -0.437 e. The highest BCUT2D eigenvalue weighted by Crippen LogP contribution is 2.39. The van der Waals surface area contributed by atoms with E-state index in [-0.39, 0.29) is 0 Å². The van der Waals surface area contributed by atoms with E-state index in [1.807, 2.05) is 0 Å². The largest absolute Gasteiger partial charge is 0.437 e. The molecule has 0 aliphatic heterocycles. The van der Waals surface area contributed by atoms with Crippen molar-refractivity contribution >= 4 is 22.1 Å². The first-order valence-electron chi connectivity index (χ1n) is 13.0. The Morgan fingerprint density at radius 1 is 0.970 bits per heavy atom. The number of benzene rings is 1. The number of pyridine rings is 2. The average molecular weight is 439 g/mol. The summed E-state index contributed by atoms with van der Waals surface area (Å²) in [5, 5.41) is 2.23. The molecule has 3 aromatic heterocycles. The first-order valence-corrected chi connectivity index (χ1v) is 13.0. The van der Waals surface area contributed by atoms with Crippen molar-refractivity contribution in [2.45, 2.75) is 77.6 Å². The first kappa shape index (κ1) is 20.9. The van der Waals surface area contributed by atoms with Crippen LogP contribution in [-0.4, -0.2) is 9.97 Å². The Balaban J connectivity index is 1.36. The van der Waals surface area contributed by atoms with Crippen molar-refractivity contribution < 1.29 is 4.42 Å². The van der Waals surface area contributed by atoms with Gasteiger partial charge >= 0.3 is 0 Å². The molecule has 2 aliphatic carbocycles. The number of rotatable bonds is 5. The number of hydrogen-bond acceptors (Lipinski definition) is 3. The Morgan fingerprint density at radius 2 is 1.76 bits per heavy atom. The Morgan fingerprint density at radius 3 is 2.55 bits per heavy atom. The number of furan rings is 1. The van der Waals surface area contributed by atoms with E-state index in [4.69, 9.17) is 14.4 Å². The summed E-state index contributed by atoms with van der Waals surface area (Å²) in [5.74, 6) is 2.08. The second-order valence-electron chi connectivity index (χ2n) is 10.6. The smallest absolute Gasteiger partial charge is 0.227 e. The summed E-state index contributed by atoms with van der Waals surface area (Å²) in [6.07, 6.45) is 14.1. The highest BCUT2D eigenvalue weighted by Gasteiger charge is 2.25. The number of hydrogen-bond donors (Lipinski definition) is 0. The Kier molecular flexibility index (Phi) is 5.44. The summed E-state index contributed by atoms with van der Waals surface area (Å²) >= 11 is 0. The molecule has 0 spiro atoms. The number of fused-ring (bicyclic) bond motifs is 3. The van der Waals surface area contributed by atoms with Gasteiger partial charge in [-0.3, -0.25) is 4.98 Å². The quantitative estimate of drug-likeness (QED) is 0.314. The maximum Gasteiger partial charge on any atom is 0.227 e. The van der Waals surface area contributed by atoms with Crippen LogP contribution in [0.4, 0.5) is 0 Å². The maximum absolute atomic E-state index is 6.42. The van der Waals surface area contributed by atoms with Crippen LogP contribution in [0.1, 0.15) is 81.0 Å². The lowest BCUT2D eigenvalue weighted by Crippen LogP contribution is -2.07. The van der Waals surface area contributed by atoms with Gasteiger partial charge in [-0.15, -0.1) is 0 Å². The summed E-state index contributed by atoms with van der Waals surface area (Å²) in [4.78, 5) is 9.88. The van der Waals surface area contributed by atoms with Crippen LogP contribution in [0.15, 0.2) is 47.0 Å². The van der Waals surface area contributed by atoms with Crippen molar-refractivity contribution in [2.24, 2.45) is 11.8 Å². The van der Waals surface area contributed by atoms with Gasteiger partial charge in [-0.05, 0) is 73.4 Å². The van der Waals surface area contributed by atoms with Gasteiger partial charge < -0.3 is 4.42 Å². The molecule has 1 atom stereocenters. The summed E-state index contributed by atoms with van der Waals surface area (Å²) in [6.45, 7) is 4.56. The Hall–Kier alpha value is -2.68. The molecule has 3 nitrogen and oxygen atoms in total. The van der Waals surface area contributed by atoms with Crippen LogP contribution in [-0.2, 0) is 6.42 Å². The van der Waals surface area contributed by atoms with E-state index in [9.17, 15) is 0 Å². The molecule has 0 radical (unpaired) electrons. The predicted molar refractivity (Wildman–Crippen MR) is 136 cm³/mol. The molecular formula is C30H34N2O. The van der Waals surface area contributed by atoms with Crippen LogP contribution in [0.5, 0.6) is 0 Å². The lowest BCUT2D eigenvalue weighted by atomic mass is 9.89. The molecule has 0 bridgehead atoms. The zero-order valence-corrected chi connectivity index (χ0v) is 19.9. The number of nitrogens with zero attached hydrogens (tertiary/aromatic N) is 2. The highest BCUT2D eigenvalue weighted by molar-refractivity contribution is 6.08. The number of aromatic nitrogens is 2.